The average Bonchev–Trinajstić information content (AvgIpc) is 3.68. The van der Waals surface area contributed by atoms with Gasteiger partial charge in [0.1, 0.15) is 19.1 Å². The number of morpholine rings is 1. The van der Waals surface area contributed by atoms with Crippen LogP contribution >= 0.6 is 0 Å². The molecular weight excluding hydrogens is 508 g/mol. The summed E-state index contributed by atoms with van der Waals surface area (Å²) in [5, 5.41) is 22.6. The predicted octanol–water partition coefficient (Wildman–Crippen LogP) is 0.324. The number of allylic oxidation sites excluding steroid dienone is 1. The molecule has 8 rings (SSSR count). The quantitative estimate of drug-likeness (QED) is 0.334. The van der Waals surface area contributed by atoms with Gasteiger partial charge in [0.25, 0.3) is 0 Å². The van der Waals surface area contributed by atoms with Crippen LogP contribution in [0.15, 0.2) is 30.4 Å². The van der Waals surface area contributed by atoms with Crippen molar-refractivity contribution >= 4 is 17.5 Å². The Morgan fingerprint density at radius 3 is 2.90 bits per heavy atom. The van der Waals surface area contributed by atoms with Gasteiger partial charge in [0.2, 0.25) is 11.8 Å². The maximum atomic E-state index is 13.7. The molecule has 6 atom stereocenters. The molecule has 5 fully saturated rings. The van der Waals surface area contributed by atoms with Crippen molar-refractivity contribution in [3.63, 3.8) is 0 Å². The number of piperidine rings is 1. The van der Waals surface area contributed by atoms with E-state index in [2.05, 4.69) is 61.9 Å². The standard InChI is InChI=1S/C29H40N8O3/c38-24-17-40-22-7-8-23-33-26(22)35(24)13-3-1-2-4-14-36-27(39)20-16-30-28(34-25(20)37(23)36)32-19-6-5-18-9-12-31-29(10-11-29)21(18)15-19/h2,4-6,15,20,22-23,25-26,28,30-34H,1,3,7-14,16-17H2/b4-2-. The molecule has 11 heteroatoms. The van der Waals surface area contributed by atoms with Crippen molar-refractivity contribution in [2.24, 2.45) is 5.92 Å². The summed E-state index contributed by atoms with van der Waals surface area (Å²) in [6.07, 6.45) is 10.6. The Morgan fingerprint density at radius 1 is 1.07 bits per heavy atom. The Balaban J connectivity index is 1.05. The molecule has 214 valence electrons. The normalized spacial score (nSPS) is 37.6. The summed E-state index contributed by atoms with van der Waals surface area (Å²) in [5.41, 5.74) is 4.15. The molecule has 6 unspecified atom stereocenters. The second-order valence-electron chi connectivity index (χ2n) is 12.4. The SMILES string of the molecule is O=C1COC2CCC3NC2N1CCC/C=C\CN1C(=O)C2CNC(Nc4ccc5c(c4)C4(CC4)NCC5)NC2N31. The molecule has 1 spiro atoms. The number of ether oxygens (including phenoxy) is 1. The van der Waals surface area contributed by atoms with Crippen LogP contribution in [0.1, 0.15) is 49.7 Å². The Labute approximate surface area is 235 Å². The first-order chi connectivity index (χ1) is 19.6. The summed E-state index contributed by atoms with van der Waals surface area (Å²) >= 11 is 0. The maximum absolute atomic E-state index is 13.7. The summed E-state index contributed by atoms with van der Waals surface area (Å²) in [4.78, 5) is 28.5. The average molecular weight is 549 g/mol. The minimum Gasteiger partial charge on any atom is -0.365 e. The van der Waals surface area contributed by atoms with Gasteiger partial charge in [0.15, 0.2) is 0 Å². The van der Waals surface area contributed by atoms with E-state index in [4.69, 9.17) is 4.74 Å². The van der Waals surface area contributed by atoms with Crippen LogP contribution < -0.4 is 26.6 Å². The zero-order valence-corrected chi connectivity index (χ0v) is 22.9. The minimum atomic E-state index is -0.195. The van der Waals surface area contributed by atoms with Gasteiger partial charge in [-0.1, -0.05) is 18.2 Å². The summed E-state index contributed by atoms with van der Waals surface area (Å²) in [7, 11) is 0. The smallest absolute Gasteiger partial charge is 0.249 e. The number of hydrazine groups is 1. The molecule has 0 radical (unpaired) electrons. The number of hydrogen-bond acceptors (Lipinski definition) is 9. The van der Waals surface area contributed by atoms with Crippen LogP contribution in [0.5, 0.6) is 0 Å². The van der Waals surface area contributed by atoms with Crippen molar-refractivity contribution in [2.45, 2.75) is 81.4 Å². The predicted molar refractivity (Wildman–Crippen MR) is 148 cm³/mol. The molecule has 2 bridgehead atoms. The van der Waals surface area contributed by atoms with E-state index in [0.29, 0.717) is 19.6 Å². The molecule has 4 saturated heterocycles. The maximum Gasteiger partial charge on any atom is 0.249 e. The molecule has 1 saturated carbocycles. The minimum absolute atomic E-state index is 0.0151. The Hall–Kier alpha value is -2.54. The highest BCUT2D eigenvalue weighted by molar-refractivity contribution is 5.82. The number of carbonyl (C=O) groups is 2. The number of carbonyl (C=O) groups excluding carboxylic acids is 2. The molecule has 7 aliphatic rings. The molecule has 1 aromatic carbocycles. The van der Waals surface area contributed by atoms with Crippen molar-refractivity contribution in [1.29, 1.82) is 0 Å². The molecule has 40 heavy (non-hydrogen) atoms. The van der Waals surface area contributed by atoms with Gasteiger partial charge >= 0.3 is 0 Å². The van der Waals surface area contributed by atoms with Gasteiger partial charge in [-0.2, -0.15) is 5.01 Å². The highest BCUT2D eigenvalue weighted by atomic mass is 16.5. The van der Waals surface area contributed by atoms with Gasteiger partial charge < -0.3 is 20.3 Å². The first kappa shape index (κ1) is 25.2. The van der Waals surface area contributed by atoms with E-state index in [0.717, 1.165) is 44.3 Å². The van der Waals surface area contributed by atoms with E-state index in [1.165, 1.54) is 24.0 Å². The number of rotatable bonds is 2. The van der Waals surface area contributed by atoms with Crippen LogP contribution in [0, 0.1) is 5.92 Å². The molecular formula is C29H40N8O3. The van der Waals surface area contributed by atoms with Crippen molar-refractivity contribution in [3.05, 3.63) is 41.5 Å². The molecule has 11 nitrogen and oxygen atoms in total. The first-order valence-corrected chi connectivity index (χ1v) is 15.2. The van der Waals surface area contributed by atoms with Crippen molar-refractivity contribution in [1.82, 2.24) is 36.2 Å². The van der Waals surface area contributed by atoms with E-state index < -0.39 is 0 Å². The number of anilines is 1. The fourth-order valence-electron chi connectivity index (χ4n) is 7.77. The Kier molecular flexibility index (Phi) is 6.16. The summed E-state index contributed by atoms with van der Waals surface area (Å²) < 4.78 is 5.95. The van der Waals surface area contributed by atoms with Gasteiger partial charge in [-0.15, -0.1) is 0 Å². The topological polar surface area (TPSA) is 113 Å². The molecule has 5 N–H and O–H groups in total. The van der Waals surface area contributed by atoms with E-state index in [9.17, 15) is 9.59 Å². The van der Waals surface area contributed by atoms with Gasteiger partial charge in [-0.05, 0) is 68.2 Å². The lowest BCUT2D eigenvalue weighted by molar-refractivity contribution is -0.176. The molecule has 2 amide bonds. The molecule has 0 aromatic heterocycles. The number of benzene rings is 1. The van der Waals surface area contributed by atoms with E-state index in [1.807, 2.05) is 9.91 Å². The summed E-state index contributed by atoms with van der Waals surface area (Å²) in [5.74, 6) is -0.0171. The first-order valence-electron chi connectivity index (χ1n) is 15.2. The number of fused-ring (bicyclic) bond motifs is 7. The number of nitrogens with one attached hydrogen (secondary N) is 5. The van der Waals surface area contributed by atoms with Crippen molar-refractivity contribution in [2.75, 3.05) is 38.1 Å². The van der Waals surface area contributed by atoms with Gasteiger partial charge in [0, 0.05) is 30.9 Å². The fourth-order valence-corrected chi connectivity index (χ4v) is 7.77. The van der Waals surface area contributed by atoms with Crippen molar-refractivity contribution < 1.29 is 14.3 Å². The third kappa shape index (κ3) is 4.17. The van der Waals surface area contributed by atoms with Crippen molar-refractivity contribution in [3.8, 4) is 0 Å². The zero-order valence-electron chi connectivity index (χ0n) is 22.9. The Morgan fingerprint density at radius 2 is 2.00 bits per heavy atom. The Bertz CT molecular complexity index is 1220. The van der Waals surface area contributed by atoms with Gasteiger partial charge in [-0.3, -0.25) is 30.5 Å². The lowest BCUT2D eigenvalue weighted by Crippen LogP contribution is -2.72. The van der Waals surface area contributed by atoms with Crippen LogP contribution in [0.25, 0.3) is 0 Å². The van der Waals surface area contributed by atoms with Gasteiger partial charge in [-0.25, -0.2) is 0 Å². The summed E-state index contributed by atoms with van der Waals surface area (Å²) in [6, 6.07) is 6.77. The number of hydrogen-bond donors (Lipinski definition) is 5. The highest BCUT2D eigenvalue weighted by Gasteiger charge is 2.54. The zero-order chi connectivity index (χ0) is 26.8. The van der Waals surface area contributed by atoms with Crippen LogP contribution in [0.3, 0.4) is 0 Å². The second kappa shape index (κ2) is 9.78. The van der Waals surface area contributed by atoms with E-state index in [-0.39, 0.29) is 60.8 Å². The third-order valence-corrected chi connectivity index (χ3v) is 9.99. The highest BCUT2D eigenvalue weighted by Crippen LogP contribution is 2.49. The van der Waals surface area contributed by atoms with Crippen LogP contribution in [-0.2, 0) is 26.3 Å². The lowest BCUT2D eigenvalue weighted by atomic mass is 9.92. The molecule has 1 aliphatic carbocycles. The molecule has 6 heterocycles. The second-order valence-corrected chi connectivity index (χ2v) is 12.4. The number of nitrogens with zero attached hydrogens (tertiary/aromatic N) is 3. The molecule has 6 aliphatic heterocycles. The molecule has 1 aromatic rings. The largest absolute Gasteiger partial charge is 0.365 e. The van der Waals surface area contributed by atoms with E-state index in [1.54, 1.807) is 0 Å². The van der Waals surface area contributed by atoms with Gasteiger partial charge in [0.05, 0.1) is 30.9 Å². The van der Waals surface area contributed by atoms with E-state index >= 15 is 0 Å². The number of amides is 2. The fraction of sp³-hybridized carbons (Fsp3) is 0.655. The lowest BCUT2D eigenvalue weighted by Gasteiger charge is -2.50. The van der Waals surface area contributed by atoms with Crippen LogP contribution in [0.2, 0.25) is 0 Å². The van der Waals surface area contributed by atoms with Crippen LogP contribution in [-0.4, -0.2) is 90.4 Å². The monoisotopic (exact) mass is 548 g/mol. The summed E-state index contributed by atoms with van der Waals surface area (Å²) in [6.45, 7) is 3.07. The third-order valence-electron chi connectivity index (χ3n) is 9.99. The van der Waals surface area contributed by atoms with Crippen LogP contribution in [0.4, 0.5) is 5.69 Å².